The van der Waals surface area contributed by atoms with E-state index in [1.165, 1.54) is 5.56 Å². The summed E-state index contributed by atoms with van der Waals surface area (Å²) in [5, 5.41) is 7.44. The highest BCUT2D eigenvalue weighted by Crippen LogP contribution is 2.28. The fraction of sp³-hybridized carbons (Fsp3) is 0.182. The van der Waals surface area contributed by atoms with Crippen LogP contribution in [0.4, 0.5) is 5.82 Å². The van der Waals surface area contributed by atoms with Crippen molar-refractivity contribution in [2.75, 3.05) is 5.32 Å². The second-order valence-corrected chi connectivity index (χ2v) is 5.25. The van der Waals surface area contributed by atoms with Crippen molar-refractivity contribution in [3.8, 4) is 0 Å². The van der Waals surface area contributed by atoms with Gasteiger partial charge in [-0.05, 0) is 17.9 Å². The van der Waals surface area contributed by atoms with Crippen LogP contribution in [0, 0.1) is 6.92 Å². The summed E-state index contributed by atoms with van der Waals surface area (Å²) in [5.74, 6) is 0.890. The van der Waals surface area contributed by atoms with Gasteiger partial charge in [-0.1, -0.05) is 0 Å². The quantitative estimate of drug-likeness (QED) is 0.788. The van der Waals surface area contributed by atoms with Crippen molar-refractivity contribution in [1.29, 1.82) is 0 Å². The molecule has 0 unspecified atom stereocenters. The third-order valence-electron chi connectivity index (χ3n) is 2.45. The van der Waals surface area contributed by atoms with Gasteiger partial charge in [0.25, 0.3) is 0 Å². The van der Waals surface area contributed by atoms with Crippen molar-refractivity contribution in [3.63, 3.8) is 0 Å². The normalized spacial score (nSPS) is 10.9. The zero-order valence-corrected chi connectivity index (χ0v) is 10.8. The average molecular weight is 262 g/mol. The summed E-state index contributed by atoms with van der Waals surface area (Å²) < 4.78 is 1.11. The Kier molecular flexibility index (Phi) is 2.74. The summed E-state index contributed by atoms with van der Waals surface area (Å²) in [7, 11) is 0. The van der Waals surface area contributed by atoms with E-state index < -0.39 is 0 Å². The summed E-state index contributed by atoms with van der Waals surface area (Å²) in [6, 6.07) is 0. The molecule has 3 aromatic heterocycles. The molecule has 0 spiro atoms. The van der Waals surface area contributed by atoms with Gasteiger partial charge >= 0.3 is 0 Å². The summed E-state index contributed by atoms with van der Waals surface area (Å²) >= 11 is 3.27. The van der Waals surface area contributed by atoms with Crippen LogP contribution in [0.15, 0.2) is 22.6 Å². The topological polar surface area (TPSA) is 50.7 Å². The molecule has 0 atom stereocenters. The van der Waals surface area contributed by atoms with E-state index in [2.05, 4.69) is 32.6 Å². The van der Waals surface area contributed by atoms with Crippen molar-refractivity contribution in [2.45, 2.75) is 13.5 Å². The molecule has 86 valence electrons. The first-order chi connectivity index (χ1) is 8.34. The molecule has 3 rings (SSSR count). The molecule has 0 aliphatic heterocycles. The lowest BCUT2D eigenvalue weighted by molar-refractivity contribution is 1.05. The van der Waals surface area contributed by atoms with Gasteiger partial charge in [-0.3, -0.25) is 0 Å². The van der Waals surface area contributed by atoms with E-state index in [1.807, 2.05) is 10.9 Å². The van der Waals surface area contributed by atoms with E-state index in [-0.39, 0.29) is 0 Å². The van der Waals surface area contributed by atoms with E-state index in [0.717, 1.165) is 21.7 Å². The number of aryl methyl sites for hydroxylation is 1. The molecule has 6 heteroatoms. The summed E-state index contributed by atoms with van der Waals surface area (Å²) in [5.41, 5.74) is 5.10. The molecule has 0 bridgehead atoms. The van der Waals surface area contributed by atoms with E-state index in [1.54, 1.807) is 29.0 Å². The van der Waals surface area contributed by atoms with Crippen LogP contribution in [0.2, 0.25) is 0 Å². The second-order valence-electron chi connectivity index (χ2n) is 3.65. The van der Waals surface area contributed by atoms with Crippen molar-refractivity contribution in [1.82, 2.24) is 15.0 Å². The molecule has 0 aromatic carbocycles. The first-order valence-electron chi connectivity index (χ1n) is 5.14. The molecule has 0 fully saturated rings. The van der Waals surface area contributed by atoms with Crippen LogP contribution in [0.5, 0.6) is 0 Å². The van der Waals surface area contributed by atoms with Crippen LogP contribution < -0.4 is 5.32 Å². The highest BCUT2D eigenvalue weighted by Gasteiger charge is 2.07. The molecule has 0 aliphatic rings. The number of thiazole rings is 1. The molecule has 0 saturated heterocycles. The molecule has 0 radical (unpaired) electrons. The van der Waals surface area contributed by atoms with Gasteiger partial charge in [-0.15, -0.1) is 22.7 Å². The Labute approximate surface area is 106 Å². The zero-order chi connectivity index (χ0) is 11.7. The minimum Gasteiger partial charge on any atom is -0.363 e. The predicted molar refractivity (Wildman–Crippen MR) is 71.6 cm³/mol. The van der Waals surface area contributed by atoms with Crippen molar-refractivity contribution < 1.29 is 0 Å². The van der Waals surface area contributed by atoms with E-state index >= 15 is 0 Å². The van der Waals surface area contributed by atoms with Crippen LogP contribution in [0.1, 0.15) is 11.3 Å². The van der Waals surface area contributed by atoms with E-state index in [9.17, 15) is 0 Å². The number of fused-ring (bicyclic) bond motifs is 1. The molecular formula is C11H10N4S2. The summed E-state index contributed by atoms with van der Waals surface area (Å²) in [6.07, 6.45) is 1.60. The van der Waals surface area contributed by atoms with Crippen LogP contribution in [0.3, 0.4) is 0 Å². The zero-order valence-electron chi connectivity index (χ0n) is 9.17. The van der Waals surface area contributed by atoms with Gasteiger partial charge in [0.2, 0.25) is 0 Å². The van der Waals surface area contributed by atoms with Gasteiger partial charge in [0, 0.05) is 5.38 Å². The number of rotatable bonds is 3. The van der Waals surface area contributed by atoms with Crippen molar-refractivity contribution in [2.24, 2.45) is 0 Å². The van der Waals surface area contributed by atoms with Crippen LogP contribution in [-0.2, 0) is 6.54 Å². The molecule has 3 aromatic rings. The number of hydrogen-bond donors (Lipinski definition) is 1. The van der Waals surface area contributed by atoms with Gasteiger partial charge < -0.3 is 5.32 Å². The highest BCUT2D eigenvalue weighted by molar-refractivity contribution is 7.18. The Bertz CT molecular complexity index is 630. The molecule has 0 aliphatic carbocycles. The number of hydrogen-bond acceptors (Lipinski definition) is 6. The Balaban J connectivity index is 1.90. The predicted octanol–water partition coefficient (Wildman–Crippen LogP) is 3.07. The van der Waals surface area contributed by atoms with Gasteiger partial charge in [0.05, 0.1) is 28.0 Å². The SMILES string of the molecule is Cc1csc2c(NCc3cscn3)ncnc12. The van der Waals surface area contributed by atoms with Gasteiger partial charge in [0.15, 0.2) is 0 Å². The van der Waals surface area contributed by atoms with E-state index in [4.69, 9.17) is 0 Å². The first-order valence-corrected chi connectivity index (χ1v) is 6.96. The minimum atomic E-state index is 0.701. The van der Waals surface area contributed by atoms with Crippen LogP contribution in [-0.4, -0.2) is 15.0 Å². The Morgan fingerprint density at radius 2 is 2.18 bits per heavy atom. The lowest BCUT2D eigenvalue weighted by Crippen LogP contribution is -2.01. The molecule has 0 saturated carbocycles. The molecule has 17 heavy (non-hydrogen) atoms. The first kappa shape index (κ1) is 10.6. The summed E-state index contributed by atoms with van der Waals surface area (Å²) in [4.78, 5) is 12.8. The molecule has 4 nitrogen and oxygen atoms in total. The maximum atomic E-state index is 4.29. The van der Waals surface area contributed by atoms with Crippen LogP contribution in [0.25, 0.3) is 10.2 Å². The van der Waals surface area contributed by atoms with Gasteiger partial charge in [0.1, 0.15) is 12.1 Å². The fourth-order valence-electron chi connectivity index (χ4n) is 1.59. The third kappa shape index (κ3) is 2.01. The van der Waals surface area contributed by atoms with Crippen molar-refractivity contribution >= 4 is 38.7 Å². The largest absolute Gasteiger partial charge is 0.363 e. The number of nitrogens with one attached hydrogen (secondary N) is 1. The van der Waals surface area contributed by atoms with E-state index in [0.29, 0.717) is 6.54 Å². The standard InChI is InChI=1S/C11H10N4S2/c1-7-3-17-10-9(7)13-5-14-11(10)12-2-8-4-16-6-15-8/h3-6H,2H2,1H3,(H,12,13,14). The minimum absolute atomic E-state index is 0.701. The Morgan fingerprint density at radius 3 is 3.00 bits per heavy atom. The highest BCUT2D eigenvalue weighted by atomic mass is 32.1. The lowest BCUT2D eigenvalue weighted by Gasteiger charge is -2.03. The number of anilines is 1. The Morgan fingerprint density at radius 1 is 1.24 bits per heavy atom. The lowest BCUT2D eigenvalue weighted by atomic mass is 10.3. The monoisotopic (exact) mass is 262 g/mol. The fourth-order valence-corrected chi connectivity index (χ4v) is 3.12. The maximum Gasteiger partial charge on any atom is 0.147 e. The second kappa shape index (κ2) is 4.38. The smallest absolute Gasteiger partial charge is 0.147 e. The summed E-state index contributed by atoms with van der Waals surface area (Å²) in [6.45, 7) is 2.77. The van der Waals surface area contributed by atoms with Crippen LogP contribution >= 0.6 is 22.7 Å². The molecule has 0 amide bonds. The van der Waals surface area contributed by atoms with Gasteiger partial charge in [-0.25, -0.2) is 15.0 Å². The third-order valence-corrected chi connectivity index (χ3v) is 4.18. The molecule has 1 N–H and O–H groups in total. The number of thiophene rings is 1. The maximum absolute atomic E-state index is 4.29. The Hall–Kier alpha value is -1.53. The molecule has 3 heterocycles. The van der Waals surface area contributed by atoms with Gasteiger partial charge in [-0.2, -0.15) is 0 Å². The number of nitrogens with zero attached hydrogens (tertiary/aromatic N) is 3. The van der Waals surface area contributed by atoms with Crippen molar-refractivity contribution in [3.05, 3.63) is 33.9 Å². The average Bonchev–Trinajstić information content (AvgIpc) is 2.97. The number of aromatic nitrogens is 3. The molecular weight excluding hydrogens is 252 g/mol.